The highest BCUT2D eigenvalue weighted by Crippen LogP contribution is 2.13. The Kier molecular flexibility index (Phi) is 5.62. The van der Waals surface area contributed by atoms with Crippen molar-refractivity contribution < 1.29 is 0 Å². The zero-order valence-corrected chi connectivity index (χ0v) is 10.6. The molecule has 0 saturated carbocycles. The van der Waals surface area contributed by atoms with Crippen molar-refractivity contribution in [3.8, 4) is 0 Å². The summed E-state index contributed by atoms with van der Waals surface area (Å²) >= 11 is 0. The molecule has 0 aliphatic carbocycles. The summed E-state index contributed by atoms with van der Waals surface area (Å²) in [5.41, 5.74) is 6.01. The van der Waals surface area contributed by atoms with Gasteiger partial charge < -0.3 is 10.6 Å². The lowest BCUT2D eigenvalue weighted by Gasteiger charge is -2.26. The molecule has 0 bridgehead atoms. The Morgan fingerprint density at radius 3 is 2.07 bits per heavy atom. The van der Waals surface area contributed by atoms with Gasteiger partial charge in [-0.25, -0.2) is 0 Å². The molecule has 1 saturated heterocycles. The molecule has 0 radical (unpaired) electrons. The lowest BCUT2D eigenvalue weighted by molar-refractivity contribution is 0.236. The predicted octanol–water partition coefficient (Wildman–Crippen LogP) is 2.77. The molecule has 0 unspecified atom stereocenters. The SMILES string of the molecule is CC(C)(N)CCCN1CCCCCCC1. The van der Waals surface area contributed by atoms with Gasteiger partial charge in [0, 0.05) is 5.54 Å². The first kappa shape index (κ1) is 13.0. The monoisotopic (exact) mass is 212 g/mol. The van der Waals surface area contributed by atoms with Gasteiger partial charge in [0.25, 0.3) is 0 Å². The van der Waals surface area contributed by atoms with E-state index in [1.807, 2.05) is 0 Å². The van der Waals surface area contributed by atoms with Crippen molar-refractivity contribution in [1.82, 2.24) is 4.90 Å². The van der Waals surface area contributed by atoms with E-state index in [2.05, 4.69) is 18.7 Å². The number of rotatable bonds is 4. The normalized spacial score (nSPS) is 21.0. The lowest BCUT2D eigenvalue weighted by atomic mass is 10.00. The molecule has 0 aromatic rings. The second kappa shape index (κ2) is 6.49. The van der Waals surface area contributed by atoms with Crippen LogP contribution in [0.15, 0.2) is 0 Å². The van der Waals surface area contributed by atoms with E-state index < -0.39 is 0 Å². The minimum Gasteiger partial charge on any atom is -0.326 e. The Morgan fingerprint density at radius 2 is 1.53 bits per heavy atom. The fraction of sp³-hybridized carbons (Fsp3) is 1.00. The summed E-state index contributed by atoms with van der Waals surface area (Å²) < 4.78 is 0. The molecular formula is C13H28N2. The van der Waals surface area contributed by atoms with Gasteiger partial charge in [-0.3, -0.25) is 0 Å². The zero-order chi connectivity index (χ0) is 11.1. The van der Waals surface area contributed by atoms with Gasteiger partial charge in [-0.2, -0.15) is 0 Å². The van der Waals surface area contributed by atoms with Gasteiger partial charge in [-0.05, 0) is 59.2 Å². The van der Waals surface area contributed by atoms with E-state index in [4.69, 9.17) is 5.73 Å². The van der Waals surface area contributed by atoms with Crippen molar-refractivity contribution in [1.29, 1.82) is 0 Å². The second-order valence-corrected chi connectivity index (χ2v) is 5.70. The lowest BCUT2D eigenvalue weighted by Crippen LogP contribution is -2.34. The molecule has 0 aromatic carbocycles. The molecule has 0 atom stereocenters. The Morgan fingerprint density at radius 1 is 1.00 bits per heavy atom. The van der Waals surface area contributed by atoms with Crippen molar-refractivity contribution in [2.45, 2.75) is 64.3 Å². The fourth-order valence-electron chi connectivity index (χ4n) is 2.29. The minimum atomic E-state index is 0.0166. The molecular weight excluding hydrogens is 184 g/mol. The van der Waals surface area contributed by atoms with Gasteiger partial charge in [0.2, 0.25) is 0 Å². The van der Waals surface area contributed by atoms with Crippen LogP contribution in [0.2, 0.25) is 0 Å². The van der Waals surface area contributed by atoms with Gasteiger partial charge in [0.05, 0.1) is 0 Å². The smallest absolute Gasteiger partial charge is 0.00975 e. The summed E-state index contributed by atoms with van der Waals surface area (Å²) in [7, 11) is 0. The van der Waals surface area contributed by atoms with Crippen LogP contribution in [0.25, 0.3) is 0 Å². The van der Waals surface area contributed by atoms with E-state index in [0.717, 1.165) is 6.42 Å². The zero-order valence-electron chi connectivity index (χ0n) is 10.6. The highest BCUT2D eigenvalue weighted by Gasteiger charge is 2.12. The Labute approximate surface area is 95.2 Å². The molecule has 1 aliphatic heterocycles. The number of nitrogens with zero attached hydrogens (tertiary/aromatic N) is 1. The summed E-state index contributed by atoms with van der Waals surface area (Å²) in [5, 5.41) is 0. The van der Waals surface area contributed by atoms with Crippen LogP contribution in [0, 0.1) is 0 Å². The largest absolute Gasteiger partial charge is 0.326 e. The number of hydrogen-bond donors (Lipinski definition) is 1. The second-order valence-electron chi connectivity index (χ2n) is 5.70. The Balaban J connectivity index is 2.12. The third-order valence-corrected chi connectivity index (χ3v) is 3.24. The molecule has 2 heteroatoms. The van der Waals surface area contributed by atoms with Crippen LogP contribution in [-0.4, -0.2) is 30.1 Å². The number of hydrogen-bond acceptors (Lipinski definition) is 2. The van der Waals surface area contributed by atoms with Gasteiger partial charge in [0.15, 0.2) is 0 Å². The van der Waals surface area contributed by atoms with Crippen LogP contribution in [-0.2, 0) is 0 Å². The van der Waals surface area contributed by atoms with Crippen LogP contribution in [0.3, 0.4) is 0 Å². The van der Waals surface area contributed by atoms with Crippen LogP contribution in [0.1, 0.15) is 58.8 Å². The average molecular weight is 212 g/mol. The standard InChI is InChI=1S/C13H28N2/c1-13(2,14)9-8-12-15-10-6-4-3-5-7-11-15/h3-12,14H2,1-2H3. The van der Waals surface area contributed by atoms with Gasteiger partial charge in [0.1, 0.15) is 0 Å². The van der Waals surface area contributed by atoms with E-state index in [0.29, 0.717) is 0 Å². The average Bonchev–Trinajstić information content (AvgIpc) is 2.06. The topological polar surface area (TPSA) is 29.3 Å². The molecule has 90 valence electrons. The molecule has 1 aliphatic rings. The Hall–Kier alpha value is -0.0800. The molecule has 1 rings (SSSR count). The predicted molar refractivity (Wildman–Crippen MR) is 67.0 cm³/mol. The van der Waals surface area contributed by atoms with E-state index >= 15 is 0 Å². The van der Waals surface area contributed by atoms with Crippen LogP contribution in [0.4, 0.5) is 0 Å². The van der Waals surface area contributed by atoms with Crippen molar-refractivity contribution in [2.75, 3.05) is 19.6 Å². The highest BCUT2D eigenvalue weighted by atomic mass is 15.1. The summed E-state index contributed by atoms with van der Waals surface area (Å²) in [5.74, 6) is 0. The molecule has 0 aromatic heterocycles. The van der Waals surface area contributed by atoms with Gasteiger partial charge >= 0.3 is 0 Å². The summed E-state index contributed by atoms with van der Waals surface area (Å²) in [6.45, 7) is 8.12. The molecule has 0 amide bonds. The highest BCUT2D eigenvalue weighted by molar-refractivity contribution is 4.72. The van der Waals surface area contributed by atoms with E-state index in [1.165, 1.54) is 58.2 Å². The van der Waals surface area contributed by atoms with Gasteiger partial charge in [-0.15, -0.1) is 0 Å². The van der Waals surface area contributed by atoms with E-state index in [-0.39, 0.29) is 5.54 Å². The quantitative estimate of drug-likeness (QED) is 0.776. The maximum atomic E-state index is 5.99. The molecule has 15 heavy (non-hydrogen) atoms. The summed E-state index contributed by atoms with van der Waals surface area (Å²) in [6, 6.07) is 0. The first-order valence-electron chi connectivity index (χ1n) is 6.59. The van der Waals surface area contributed by atoms with Crippen LogP contribution < -0.4 is 5.73 Å². The molecule has 1 fully saturated rings. The fourth-order valence-corrected chi connectivity index (χ4v) is 2.29. The molecule has 2 N–H and O–H groups in total. The molecule has 1 heterocycles. The number of likely N-dealkylation sites (tertiary alicyclic amines) is 1. The maximum absolute atomic E-state index is 5.99. The molecule has 0 spiro atoms. The van der Waals surface area contributed by atoms with Crippen LogP contribution >= 0.6 is 0 Å². The first-order valence-corrected chi connectivity index (χ1v) is 6.59. The minimum absolute atomic E-state index is 0.0166. The summed E-state index contributed by atoms with van der Waals surface area (Å²) in [4.78, 5) is 2.63. The maximum Gasteiger partial charge on any atom is 0.00975 e. The van der Waals surface area contributed by atoms with E-state index in [9.17, 15) is 0 Å². The van der Waals surface area contributed by atoms with Crippen molar-refractivity contribution in [2.24, 2.45) is 5.73 Å². The third kappa shape index (κ3) is 6.91. The van der Waals surface area contributed by atoms with Gasteiger partial charge in [-0.1, -0.05) is 19.3 Å². The Bertz CT molecular complexity index is 152. The van der Waals surface area contributed by atoms with Crippen molar-refractivity contribution >= 4 is 0 Å². The van der Waals surface area contributed by atoms with Crippen molar-refractivity contribution in [3.05, 3.63) is 0 Å². The van der Waals surface area contributed by atoms with Crippen LogP contribution in [0.5, 0.6) is 0 Å². The summed E-state index contributed by atoms with van der Waals surface area (Å²) in [6.07, 6.45) is 9.49. The van der Waals surface area contributed by atoms with Crippen molar-refractivity contribution in [3.63, 3.8) is 0 Å². The first-order chi connectivity index (χ1) is 7.08. The molecule has 2 nitrogen and oxygen atoms in total. The third-order valence-electron chi connectivity index (χ3n) is 3.24. The van der Waals surface area contributed by atoms with E-state index in [1.54, 1.807) is 0 Å². The number of nitrogens with two attached hydrogens (primary N) is 1.